The summed E-state index contributed by atoms with van der Waals surface area (Å²) in [5.74, 6) is -1.70. The van der Waals surface area contributed by atoms with E-state index in [1.807, 2.05) is 6.92 Å². The first-order chi connectivity index (χ1) is 9.33. The molecule has 2 atom stereocenters. The van der Waals surface area contributed by atoms with Gasteiger partial charge in [-0.05, 0) is 37.3 Å². The highest BCUT2D eigenvalue weighted by atomic mass is 19.1. The molecule has 1 aromatic carbocycles. The maximum absolute atomic E-state index is 13.9. The first-order valence-corrected chi connectivity index (χ1v) is 6.88. The lowest BCUT2D eigenvalue weighted by Gasteiger charge is -2.35. The van der Waals surface area contributed by atoms with E-state index in [4.69, 9.17) is 5.73 Å². The number of carbonyl (C=O) groups is 1. The average molecular weight is 282 g/mol. The molecule has 1 aromatic rings. The van der Waals surface area contributed by atoms with Crippen molar-refractivity contribution >= 4 is 11.6 Å². The van der Waals surface area contributed by atoms with Crippen molar-refractivity contribution in [1.82, 2.24) is 0 Å². The van der Waals surface area contributed by atoms with Crippen molar-refractivity contribution in [3.05, 3.63) is 29.3 Å². The summed E-state index contributed by atoms with van der Waals surface area (Å²) < 4.78 is 27.6. The number of benzene rings is 1. The molecule has 1 aliphatic rings. The predicted octanol–water partition coefficient (Wildman–Crippen LogP) is 3.12. The number of hydrogen-bond acceptors (Lipinski definition) is 2. The minimum absolute atomic E-state index is 0.282. The van der Waals surface area contributed by atoms with Gasteiger partial charge in [0.15, 0.2) is 5.82 Å². The molecule has 3 nitrogen and oxygen atoms in total. The lowest BCUT2D eigenvalue weighted by molar-refractivity contribution is -0.122. The Morgan fingerprint density at radius 2 is 2.15 bits per heavy atom. The van der Waals surface area contributed by atoms with Crippen LogP contribution in [0.2, 0.25) is 0 Å². The van der Waals surface area contributed by atoms with Crippen molar-refractivity contribution in [3.63, 3.8) is 0 Å². The summed E-state index contributed by atoms with van der Waals surface area (Å²) >= 11 is 0. The van der Waals surface area contributed by atoms with E-state index in [0.29, 0.717) is 18.8 Å². The van der Waals surface area contributed by atoms with Gasteiger partial charge in [-0.25, -0.2) is 8.78 Å². The van der Waals surface area contributed by atoms with Gasteiger partial charge in [-0.3, -0.25) is 4.79 Å². The molecule has 0 saturated heterocycles. The largest absolute Gasteiger partial charge is 0.320 e. The van der Waals surface area contributed by atoms with Gasteiger partial charge in [0.2, 0.25) is 5.91 Å². The number of amides is 1. The highest BCUT2D eigenvalue weighted by Crippen LogP contribution is 2.32. The SMILES string of the molecule is Cc1ccc(F)c(NC(=O)C2(N)CCCC(C)C2)c1F. The van der Waals surface area contributed by atoms with Crippen LogP contribution in [0, 0.1) is 24.5 Å². The number of hydrogen-bond donors (Lipinski definition) is 2. The van der Waals surface area contributed by atoms with Crippen LogP contribution in [0.1, 0.15) is 38.2 Å². The van der Waals surface area contributed by atoms with Crippen molar-refractivity contribution in [1.29, 1.82) is 0 Å². The fourth-order valence-electron chi connectivity index (χ4n) is 2.81. The van der Waals surface area contributed by atoms with E-state index in [9.17, 15) is 13.6 Å². The van der Waals surface area contributed by atoms with Crippen LogP contribution in [0.15, 0.2) is 12.1 Å². The Bertz CT molecular complexity index is 533. The van der Waals surface area contributed by atoms with Gasteiger partial charge in [-0.2, -0.15) is 0 Å². The van der Waals surface area contributed by atoms with Crippen molar-refractivity contribution in [2.45, 2.75) is 45.1 Å². The van der Waals surface area contributed by atoms with Gasteiger partial charge in [0, 0.05) is 0 Å². The Hall–Kier alpha value is -1.49. The topological polar surface area (TPSA) is 55.1 Å². The highest BCUT2D eigenvalue weighted by molar-refractivity contribution is 5.98. The molecule has 1 saturated carbocycles. The molecule has 0 aromatic heterocycles. The van der Waals surface area contributed by atoms with Crippen LogP contribution in [0.5, 0.6) is 0 Å². The molecule has 2 rings (SSSR count). The second kappa shape index (κ2) is 5.48. The van der Waals surface area contributed by atoms with Crippen molar-refractivity contribution < 1.29 is 13.6 Å². The fourth-order valence-corrected chi connectivity index (χ4v) is 2.81. The number of nitrogens with one attached hydrogen (secondary N) is 1. The fraction of sp³-hybridized carbons (Fsp3) is 0.533. The smallest absolute Gasteiger partial charge is 0.244 e. The zero-order valence-electron chi connectivity index (χ0n) is 11.8. The molecule has 0 radical (unpaired) electrons. The van der Waals surface area contributed by atoms with Crippen LogP contribution in [-0.4, -0.2) is 11.4 Å². The zero-order chi connectivity index (χ0) is 14.9. The maximum Gasteiger partial charge on any atom is 0.244 e. The summed E-state index contributed by atoms with van der Waals surface area (Å²) in [7, 11) is 0. The molecular formula is C15H20F2N2O. The van der Waals surface area contributed by atoms with E-state index in [0.717, 1.165) is 18.9 Å². The third-order valence-electron chi connectivity index (χ3n) is 4.01. The van der Waals surface area contributed by atoms with E-state index < -0.39 is 28.8 Å². The van der Waals surface area contributed by atoms with Crippen LogP contribution in [0.4, 0.5) is 14.5 Å². The summed E-state index contributed by atoms with van der Waals surface area (Å²) in [6.45, 7) is 3.55. The van der Waals surface area contributed by atoms with E-state index in [2.05, 4.69) is 5.32 Å². The maximum atomic E-state index is 13.9. The predicted molar refractivity (Wildman–Crippen MR) is 74.3 cm³/mol. The molecule has 0 heterocycles. The standard InChI is InChI=1S/C15H20F2N2O/c1-9-4-3-7-15(18,8-9)14(20)19-13-11(16)6-5-10(2)12(13)17/h5-6,9H,3-4,7-8,18H2,1-2H3,(H,19,20). The molecule has 0 bridgehead atoms. The van der Waals surface area contributed by atoms with E-state index >= 15 is 0 Å². The monoisotopic (exact) mass is 282 g/mol. The summed E-state index contributed by atoms with van der Waals surface area (Å²) in [5.41, 5.74) is 4.96. The number of rotatable bonds is 2. The molecule has 0 spiro atoms. The van der Waals surface area contributed by atoms with E-state index in [1.165, 1.54) is 13.0 Å². The van der Waals surface area contributed by atoms with Crippen LogP contribution in [0.3, 0.4) is 0 Å². The number of aryl methyl sites for hydroxylation is 1. The first kappa shape index (κ1) is 14.9. The molecule has 1 fully saturated rings. The van der Waals surface area contributed by atoms with Crippen LogP contribution >= 0.6 is 0 Å². The molecule has 1 aliphatic carbocycles. The third-order valence-corrected chi connectivity index (χ3v) is 4.01. The van der Waals surface area contributed by atoms with Gasteiger partial charge in [-0.15, -0.1) is 0 Å². The number of nitrogens with two attached hydrogens (primary N) is 1. The first-order valence-electron chi connectivity index (χ1n) is 6.88. The molecule has 20 heavy (non-hydrogen) atoms. The second-order valence-electron chi connectivity index (χ2n) is 5.87. The molecule has 3 N–H and O–H groups in total. The quantitative estimate of drug-likeness (QED) is 0.875. The van der Waals surface area contributed by atoms with Gasteiger partial charge in [0.25, 0.3) is 0 Å². The lowest BCUT2D eigenvalue weighted by Crippen LogP contribution is -2.53. The van der Waals surface area contributed by atoms with Gasteiger partial charge in [0.1, 0.15) is 11.5 Å². The minimum Gasteiger partial charge on any atom is -0.320 e. The summed E-state index contributed by atoms with van der Waals surface area (Å²) in [4.78, 5) is 12.3. The number of carbonyl (C=O) groups excluding carboxylic acids is 1. The highest BCUT2D eigenvalue weighted by Gasteiger charge is 2.38. The van der Waals surface area contributed by atoms with Gasteiger partial charge in [-0.1, -0.05) is 25.8 Å². The molecule has 5 heteroatoms. The molecule has 0 aliphatic heterocycles. The van der Waals surface area contributed by atoms with Gasteiger partial charge >= 0.3 is 0 Å². The van der Waals surface area contributed by atoms with Gasteiger partial charge < -0.3 is 11.1 Å². The molecule has 1 amide bonds. The van der Waals surface area contributed by atoms with Crippen LogP contribution < -0.4 is 11.1 Å². The molecule has 110 valence electrons. The van der Waals surface area contributed by atoms with E-state index in [-0.39, 0.29) is 5.56 Å². The van der Waals surface area contributed by atoms with E-state index in [1.54, 1.807) is 0 Å². The normalized spacial score (nSPS) is 26.4. The van der Waals surface area contributed by atoms with Gasteiger partial charge in [0.05, 0.1) is 5.54 Å². The zero-order valence-corrected chi connectivity index (χ0v) is 11.8. The summed E-state index contributed by atoms with van der Waals surface area (Å²) in [5, 5.41) is 2.34. The molecular weight excluding hydrogens is 262 g/mol. The summed E-state index contributed by atoms with van der Waals surface area (Å²) in [6, 6.07) is 2.47. The Morgan fingerprint density at radius 3 is 2.80 bits per heavy atom. The van der Waals surface area contributed by atoms with Crippen LogP contribution in [0.25, 0.3) is 0 Å². The Labute approximate surface area is 117 Å². The average Bonchev–Trinajstić information content (AvgIpc) is 2.38. The van der Waals surface area contributed by atoms with Crippen molar-refractivity contribution in [2.75, 3.05) is 5.32 Å². The Balaban J connectivity index is 2.22. The number of halogens is 2. The van der Waals surface area contributed by atoms with Crippen molar-refractivity contribution in [3.8, 4) is 0 Å². The Morgan fingerprint density at radius 1 is 1.45 bits per heavy atom. The van der Waals surface area contributed by atoms with Crippen LogP contribution in [-0.2, 0) is 4.79 Å². The van der Waals surface area contributed by atoms with Crippen molar-refractivity contribution in [2.24, 2.45) is 11.7 Å². The Kier molecular flexibility index (Phi) is 4.09. The number of anilines is 1. The second-order valence-corrected chi connectivity index (χ2v) is 5.87. The lowest BCUT2D eigenvalue weighted by atomic mass is 9.76. The summed E-state index contributed by atoms with van der Waals surface area (Å²) in [6.07, 6.45) is 2.95. The molecule has 2 unspecified atom stereocenters. The third kappa shape index (κ3) is 2.82. The minimum atomic E-state index is -1.04.